The Bertz CT molecular complexity index is 362. The van der Waals surface area contributed by atoms with E-state index in [0.29, 0.717) is 11.6 Å². The molecular formula is C10H10ClNO. The van der Waals surface area contributed by atoms with Crippen molar-refractivity contribution < 1.29 is 5.11 Å². The van der Waals surface area contributed by atoms with Crippen molar-refractivity contribution in [1.29, 1.82) is 0 Å². The maximum absolute atomic E-state index is 9.69. The number of hydrogen-bond donors (Lipinski definition) is 1. The molecule has 0 saturated carbocycles. The van der Waals surface area contributed by atoms with Gasteiger partial charge < -0.3 is 5.11 Å². The first-order valence-corrected chi connectivity index (χ1v) is 4.58. The third kappa shape index (κ3) is 1.36. The number of pyridine rings is 1. The van der Waals surface area contributed by atoms with E-state index < -0.39 is 6.10 Å². The van der Waals surface area contributed by atoms with Gasteiger partial charge in [-0.3, -0.25) is 0 Å². The normalized spacial score (nSPS) is 21.4. The highest BCUT2D eigenvalue weighted by Crippen LogP contribution is 2.38. The molecule has 0 bridgehead atoms. The fourth-order valence-electron chi connectivity index (χ4n) is 1.66. The van der Waals surface area contributed by atoms with E-state index in [4.69, 9.17) is 11.6 Å². The standard InChI is InChI=1S/C10H10ClNO/c1-6-2-3-8(13)9-7(6)4-5-12-10(9)11/h4-5,8,13H,1-3H2/t8-/m0/s1. The van der Waals surface area contributed by atoms with Crippen LogP contribution in [0.25, 0.3) is 5.57 Å². The molecule has 3 heteroatoms. The fraction of sp³-hybridized carbons (Fsp3) is 0.300. The van der Waals surface area contributed by atoms with Crippen LogP contribution in [-0.4, -0.2) is 10.1 Å². The van der Waals surface area contributed by atoms with Crippen molar-refractivity contribution in [3.8, 4) is 0 Å². The molecule has 68 valence electrons. The second-order valence-corrected chi connectivity index (χ2v) is 3.58. The van der Waals surface area contributed by atoms with Crippen LogP contribution in [0, 0.1) is 0 Å². The first-order valence-electron chi connectivity index (χ1n) is 4.21. The summed E-state index contributed by atoms with van der Waals surface area (Å²) in [6.07, 6.45) is 2.68. The first-order chi connectivity index (χ1) is 6.20. The molecule has 2 rings (SSSR count). The predicted octanol–water partition coefficient (Wildman–Crippen LogP) is 2.58. The lowest BCUT2D eigenvalue weighted by Crippen LogP contribution is -2.09. The van der Waals surface area contributed by atoms with Crippen molar-refractivity contribution in [2.24, 2.45) is 0 Å². The first kappa shape index (κ1) is 8.73. The molecule has 0 fully saturated rings. The summed E-state index contributed by atoms with van der Waals surface area (Å²) in [5.41, 5.74) is 2.73. The smallest absolute Gasteiger partial charge is 0.135 e. The topological polar surface area (TPSA) is 33.1 Å². The SMILES string of the molecule is C=C1CC[C@H](O)c2c1ccnc2Cl. The van der Waals surface area contributed by atoms with Crippen LogP contribution in [0.3, 0.4) is 0 Å². The lowest BCUT2D eigenvalue weighted by molar-refractivity contribution is 0.165. The number of halogens is 1. The Labute approximate surface area is 81.9 Å². The summed E-state index contributed by atoms with van der Waals surface area (Å²) >= 11 is 5.89. The van der Waals surface area contributed by atoms with Crippen molar-refractivity contribution in [3.05, 3.63) is 35.1 Å². The summed E-state index contributed by atoms with van der Waals surface area (Å²) in [5.74, 6) is 0. The molecule has 1 atom stereocenters. The zero-order chi connectivity index (χ0) is 9.42. The lowest BCUT2D eigenvalue weighted by Gasteiger charge is -2.23. The van der Waals surface area contributed by atoms with Crippen molar-refractivity contribution in [2.45, 2.75) is 18.9 Å². The van der Waals surface area contributed by atoms with E-state index in [1.807, 2.05) is 6.07 Å². The van der Waals surface area contributed by atoms with Gasteiger partial charge in [0.2, 0.25) is 0 Å². The van der Waals surface area contributed by atoms with E-state index in [9.17, 15) is 5.11 Å². The Morgan fingerprint density at radius 3 is 3.08 bits per heavy atom. The molecule has 1 aliphatic carbocycles. The Hall–Kier alpha value is -0.860. The molecule has 1 aromatic rings. The molecule has 0 spiro atoms. The molecule has 0 amide bonds. The maximum atomic E-state index is 9.69. The minimum Gasteiger partial charge on any atom is -0.388 e. The van der Waals surface area contributed by atoms with Gasteiger partial charge in [-0.05, 0) is 30.0 Å². The van der Waals surface area contributed by atoms with Gasteiger partial charge in [-0.1, -0.05) is 18.2 Å². The van der Waals surface area contributed by atoms with Crippen LogP contribution in [0.5, 0.6) is 0 Å². The average molecular weight is 196 g/mol. The van der Waals surface area contributed by atoms with Crippen molar-refractivity contribution in [3.63, 3.8) is 0 Å². The van der Waals surface area contributed by atoms with Crippen LogP contribution in [0.2, 0.25) is 5.15 Å². The quantitative estimate of drug-likeness (QED) is 0.646. The Kier molecular flexibility index (Phi) is 2.10. The molecular weight excluding hydrogens is 186 g/mol. The van der Waals surface area contributed by atoms with E-state index in [1.54, 1.807) is 6.20 Å². The minimum atomic E-state index is -0.485. The molecule has 0 aromatic carbocycles. The van der Waals surface area contributed by atoms with Gasteiger partial charge in [-0.25, -0.2) is 4.98 Å². The summed E-state index contributed by atoms with van der Waals surface area (Å²) < 4.78 is 0. The summed E-state index contributed by atoms with van der Waals surface area (Å²) in [6.45, 7) is 3.93. The predicted molar refractivity (Wildman–Crippen MR) is 52.5 cm³/mol. The Morgan fingerprint density at radius 2 is 2.38 bits per heavy atom. The third-order valence-corrected chi connectivity index (χ3v) is 2.68. The van der Waals surface area contributed by atoms with E-state index in [0.717, 1.165) is 23.1 Å². The number of aromatic nitrogens is 1. The number of hydrogen-bond acceptors (Lipinski definition) is 2. The average Bonchev–Trinajstić information content (AvgIpc) is 2.12. The summed E-state index contributed by atoms with van der Waals surface area (Å²) in [7, 11) is 0. The van der Waals surface area contributed by atoms with Crippen LogP contribution in [0.4, 0.5) is 0 Å². The molecule has 0 radical (unpaired) electrons. The minimum absolute atomic E-state index is 0.394. The maximum Gasteiger partial charge on any atom is 0.135 e. The van der Waals surface area contributed by atoms with Crippen LogP contribution >= 0.6 is 11.6 Å². The van der Waals surface area contributed by atoms with Gasteiger partial charge in [0.05, 0.1) is 6.10 Å². The van der Waals surface area contributed by atoms with Gasteiger partial charge in [-0.2, -0.15) is 0 Å². The van der Waals surface area contributed by atoms with Crippen LogP contribution in [0.1, 0.15) is 30.1 Å². The zero-order valence-corrected chi connectivity index (χ0v) is 7.88. The molecule has 0 unspecified atom stereocenters. The van der Waals surface area contributed by atoms with Gasteiger partial charge >= 0.3 is 0 Å². The summed E-state index contributed by atoms with van der Waals surface area (Å²) in [4.78, 5) is 3.94. The molecule has 1 N–H and O–H groups in total. The molecule has 1 aromatic heterocycles. The van der Waals surface area contributed by atoms with Crippen molar-refractivity contribution in [1.82, 2.24) is 4.98 Å². The highest BCUT2D eigenvalue weighted by atomic mass is 35.5. The van der Waals surface area contributed by atoms with Crippen LogP contribution in [0.15, 0.2) is 18.8 Å². The number of fused-ring (bicyclic) bond motifs is 1. The monoisotopic (exact) mass is 195 g/mol. The summed E-state index contributed by atoms with van der Waals surface area (Å²) in [6, 6.07) is 1.85. The number of nitrogens with zero attached hydrogens (tertiary/aromatic N) is 1. The second-order valence-electron chi connectivity index (χ2n) is 3.22. The lowest BCUT2D eigenvalue weighted by atomic mass is 9.88. The van der Waals surface area contributed by atoms with Crippen LogP contribution < -0.4 is 0 Å². The molecule has 13 heavy (non-hydrogen) atoms. The van der Waals surface area contributed by atoms with E-state index in [-0.39, 0.29) is 0 Å². The van der Waals surface area contributed by atoms with Gasteiger partial charge in [0.1, 0.15) is 5.15 Å². The molecule has 1 heterocycles. The third-order valence-electron chi connectivity index (χ3n) is 2.38. The molecule has 0 aliphatic heterocycles. The van der Waals surface area contributed by atoms with E-state index in [2.05, 4.69) is 11.6 Å². The van der Waals surface area contributed by atoms with Gasteiger partial charge in [-0.15, -0.1) is 0 Å². The summed E-state index contributed by atoms with van der Waals surface area (Å²) in [5, 5.41) is 10.1. The van der Waals surface area contributed by atoms with E-state index in [1.165, 1.54) is 0 Å². The van der Waals surface area contributed by atoms with Crippen molar-refractivity contribution in [2.75, 3.05) is 0 Å². The van der Waals surface area contributed by atoms with Gasteiger partial charge in [0, 0.05) is 11.8 Å². The highest BCUT2D eigenvalue weighted by Gasteiger charge is 2.23. The second kappa shape index (κ2) is 3.13. The largest absolute Gasteiger partial charge is 0.388 e. The van der Waals surface area contributed by atoms with Crippen LogP contribution in [-0.2, 0) is 0 Å². The van der Waals surface area contributed by atoms with Crippen molar-refractivity contribution >= 4 is 17.2 Å². The molecule has 1 aliphatic rings. The highest BCUT2D eigenvalue weighted by molar-refractivity contribution is 6.30. The number of allylic oxidation sites excluding steroid dienone is 1. The fourth-order valence-corrected chi connectivity index (χ4v) is 1.95. The van der Waals surface area contributed by atoms with Gasteiger partial charge in [0.15, 0.2) is 0 Å². The number of rotatable bonds is 0. The number of aliphatic hydroxyl groups excluding tert-OH is 1. The number of aliphatic hydroxyl groups is 1. The molecule has 2 nitrogen and oxygen atoms in total. The van der Waals surface area contributed by atoms with Gasteiger partial charge in [0.25, 0.3) is 0 Å². The zero-order valence-electron chi connectivity index (χ0n) is 7.13. The Balaban J connectivity index is 2.63. The Morgan fingerprint density at radius 1 is 1.62 bits per heavy atom. The van der Waals surface area contributed by atoms with E-state index >= 15 is 0 Å². The molecule has 0 saturated heterocycles.